The lowest BCUT2D eigenvalue weighted by molar-refractivity contribution is 0.557. The molecule has 1 heterocycles. The fourth-order valence-electron chi connectivity index (χ4n) is 1.47. The van der Waals surface area contributed by atoms with Crippen LogP contribution in [0.25, 0.3) is 11.0 Å². The number of hydrogen-bond donors (Lipinski definition) is 0. The van der Waals surface area contributed by atoms with Gasteiger partial charge in [-0.05, 0) is 18.6 Å². The third kappa shape index (κ3) is 1.57. The van der Waals surface area contributed by atoms with Gasteiger partial charge < -0.3 is 4.42 Å². The number of nitrogens with zero attached hydrogens (tertiary/aromatic N) is 1. The van der Waals surface area contributed by atoms with Gasteiger partial charge in [0.05, 0.1) is 10.0 Å². The number of hydrogen-bond acceptors (Lipinski definition) is 3. The van der Waals surface area contributed by atoms with Crippen molar-refractivity contribution < 1.29 is 4.42 Å². The maximum Gasteiger partial charge on any atom is 0.354 e. The summed E-state index contributed by atoms with van der Waals surface area (Å²) in [6, 6.07) is 4.86. The first-order chi connectivity index (χ1) is 7.54. The highest BCUT2D eigenvalue weighted by atomic mass is 35.5. The van der Waals surface area contributed by atoms with Crippen molar-refractivity contribution in [2.75, 3.05) is 0 Å². The highest BCUT2D eigenvalue weighted by molar-refractivity contribution is 6.42. The molecular formula is C11H5Cl2NO2. The van der Waals surface area contributed by atoms with Gasteiger partial charge in [0.2, 0.25) is 0 Å². The van der Waals surface area contributed by atoms with Crippen molar-refractivity contribution in [1.29, 1.82) is 5.26 Å². The molecule has 80 valence electrons. The van der Waals surface area contributed by atoms with Crippen LogP contribution in [0.1, 0.15) is 11.1 Å². The van der Waals surface area contributed by atoms with Crippen LogP contribution in [0.2, 0.25) is 10.0 Å². The number of nitriles is 1. The lowest BCUT2D eigenvalue weighted by Crippen LogP contribution is -2.06. The van der Waals surface area contributed by atoms with Crippen LogP contribution in [-0.4, -0.2) is 0 Å². The van der Waals surface area contributed by atoms with E-state index in [0.717, 1.165) is 0 Å². The molecule has 2 rings (SSSR count). The van der Waals surface area contributed by atoms with Gasteiger partial charge in [-0.1, -0.05) is 23.2 Å². The smallest absolute Gasteiger partial charge is 0.354 e. The summed E-state index contributed by atoms with van der Waals surface area (Å²) in [4.78, 5) is 11.4. The zero-order valence-corrected chi connectivity index (χ0v) is 9.69. The molecule has 0 unspecified atom stereocenters. The van der Waals surface area contributed by atoms with Gasteiger partial charge in [-0.2, -0.15) is 5.26 Å². The van der Waals surface area contributed by atoms with Crippen molar-refractivity contribution in [1.82, 2.24) is 0 Å². The van der Waals surface area contributed by atoms with Crippen LogP contribution in [-0.2, 0) is 0 Å². The summed E-state index contributed by atoms with van der Waals surface area (Å²) in [5.41, 5.74) is 0.208. The maximum atomic E-state index is 11.4. The fourth-order valence-corrected chi connectivity index (χ4v) is 1.79. The van der Waals surface area contributed by atoms with Crippen LogP contribution in [0, 0.1) is 18.3 Å². The van der Waals surface area contributed by atoms with Gasteiger partial charge in [0.25, 0.3) is 0 Å². The minimum absolute atomic E-state index is 0.00844. The first-order valence-electron chi connectivity index (χ1n) is 4.37. The number of fused-ring (bicyclic) bond motifs is 1. The van der Waals surface area contributed by atoms with E-state index in [4.69, 9.17) is 32.9 Å². The molecule has 0 aliphatic heterocycles. The first-order valence-corrected chi connectivity index (χ1v) is 5.12. The normalized spacial score (nSPS) is 10.4. The molecule has 0 saturated heterocycles. The zero-order valence-electron chi connectivity index (χ0n) is 8.17. The molecule has 3 nitrogen and oxygen atoms in total. The third-order valence-electron chi connectivity index (χ3n) is 2.32. The van der Waals surface area contributed by atoms with E-state index in [1.54, 1.807) is 13.0 Å². The van der Waals surface area contributed by atoms with Gasteiger partial charge in [0.1, 0.15) is 17.2 Å². The Kier molecular flexibility index (Phi) is 2.63. The lowest BCUT2D eigenvalue weighted by Gasteiger charge is -2.03. The molecule has 0 aliphatic rings. The van der Waals surface area contributed by atoms with E-state index < -0.39 is 5.63 Å². The molecule has 5 heteroatoms. The van der Waals surface area contributed by atoms with E-state index in [2.05, 4.69) is 0 Å². The van der Waals surface area contributed by atoms with Crippen LogP contribution >= 0.6 is 23.2 Å². The number of halogens is 2. The predicted octanol–water partition coefficient (Wildman–Crippen LogP) is 3.28. The van der Waals surface area contributed by atoms with Gasteiger partial charge in [0, 0.05) is 11.5 Å². The Balaban J connectivity index is 3.01. The van der Waals surface area contributed by atoms with Crippen molar-refractivity contribution in [3.8, 4) is 6.07 Å². The highest BCUT2D eigenvalue weighted by Gasteiger charge is 2.12. The Morgan fingerprint density at radius 1 is 1.31 bits per heavy atom. The average molecular weight is 254 g/mol. The quantitative estimate of drug-likeness (QED) is 0.678. The predicted molar refractivity (Wildman–Crippen MR) is 62.0 cm³/mol. The van der Waals surface area contributed by atoms with Gasteiger partial charge in [-0.3, -0.25) is 0 Å². The van der Waals surface area contributed by atoms with E-state index in [1.807, 2.05) is 6.07 Å². The van der Waals surface area contributed by atoms with E-state index in [9.17, 15) is 4.79 Å². The van der Waals surface area contributed by atoms with Crippen molar-refractivity contribution >= 4 is 34.2 Å². The molecule has 0 radical (unpaired) electrons. The van der Waals surface area contributed by atoms with Crippen molar-refractivity contribution in [3.63, 3.8) is 0 Å². The Morgan fingerprint density at radius 2 is 1.94 bits per heavy atom. The molecule has 0 bridgehead atoms. The average Bonchev–Trinajstić information content (AvgIpc) is 2.22. The summed E-state index contributed by atoms with van der Waals surface area (Å²) in [6.07, 6.45) is 0. The number of benzene rings is 1. The van der Waals surface area contributed by atoms with E-state index >= 15 is 0 Å². The minimum atomic E-state index is -0.661. The summed E-state index contributed by atoms with van der Waals surface area (Å²) in [6.45, 7) is 1.67. The van der Waals surface area contributed by atoms with Crippen LogP contribution in [0.4, 0.5) is 0 Å². The maximum absolute atomic E-state index is 11.4. The fraction of sp³-hybridized carbons (Fsp3) is 0.0909. The molecule has 0 atom stereocenters. The molecule has 0 N–H and O–H groups in total. The number of rotatable bonds is 0. The SMILES string of the molecule is Cc1c(C#N)c(=O)oc2cc(Cl)c(Cl)cc12. The largest absolute Gasteiger partial charge is 0.422 e. The lowest BCUT2D eigenvalue weighted by atomic mass is 10.1. The molecule has 0 spiro atoms. The monoisotopic (exact) mass is 253 g/mol. The molecule has 0 amide bonds. The molecule has 0 saturated carbocycles. The van der Waals surface area contributed by atoms with Gasteiger partial charge >= 0.3 is 5.63 Å². The van der Waals surface area contributed by atoms with Crippen LogP contribution < -0.4 is 5.63 Å². The Hall–Kier alpha value is -1.50. The molecule has 16 heavy (non-hydrogen) atoms. The van der Waals surface area contributed by atoms with Gasteiger partial charge in [-0.25, -0.2) is 4.79 Å². The van der Waals surface area contributed by atoms with E-state index in [-0.39, 0.29) is 5.56 Å². The second-order valence-electron chi connectivity index (χ2n) is 3.26. The second-order valence-corrected chi connectivity index (χ2v) is 4.08. The van der Waals surface area contributed by atoms with Crippen molar-refractivity contribution in [3.05, 3.63) is 43.7 Å². The standard InChI is InChI=1S/C11H5Cl2NO2/c1-5-6-2-8(12)9(13)3-10(6)16-11(15)7(5)4-14/h2-3H,1H3. The molecule has 0 fully saturated rings. The van der Waals surface area contributed by atoms with E-state index in [0.29, 0.717) is 26.6 Å². The van der Waals surface area contributed by atoms with E-state index in [1.165, 1.54) is 6.07 Å². The summed E-state index contributed by atoms with van der Waals surface area (Å²) in [5.74, 6) is 0. The van der Waals surface area contributed by atoms with Gasteiger partial charge in [0.15, 0.2) is 0 Å². The summed E-state index contributed by atoms with van der Waals surface area (Å²) >= 11 is 11.7. The van der Waals surface area contributed by atoms with Crippen LogP contribution in [0.3, 0.4) is 0 Å². The topological polar surface area (TPSA) is 54.0 Å². The molecule has 2 aromatic rings. The summed E-state index contributed by atoms with van der Waals surface area (Å²) < 4.78 is 4.98. The number of aryl methyl sites for hydroxylation is 1. The van der Waals surface area contributed by atoms with Crippen molar-refractivity contribution in [2.24, 2.45) is 0 Å². The Labute approximate surface area is 101 Å². The van der Waals surface area contributed by atoms with Gasteiger partial charge in [-0.15, -0.1) is 0 Å². The minimum Gasteiger partial charge on any atom is -0.422 e. The van der Waals surface area contributed by atoms with Crippen LogP contribution in [0.5, 0.6) is 0 Å². The summed E-state index contributed by atoms with van der Waals surface area (Å²) in [5, 5.41) is 10.1. The Morgan fingerprint density at radius 3 is 2.56 bits per heavy atom. The van der Waals surface area contributed by atoms with Crippen LogP contribution in [0.15, 0.2) is 21.3 Å². The first kappa shape index (κ1) is 11.0. The Bertz CT molecular complexity index is 683. The third-order valence-corrected chi connectivity index (χ3v) is 3.04. The molecule has 1 aromatic heterocycles. The summed E-state index contributed by atoms with van der Waals surface area (Å²) in [7, 11) is 0. The molecule has 1 aromatic carbocycles. The highest BCUT2D eigenvalue weighted by Crippen LogP contribution is 2.29. The second kappa shape index (κ2) is 3.82. The van der Waals surface area contributed by atoms with Crippen molar-refractivity contribution in [2.45, 2.75) is 6.92 Å². The molecule has 0 aliphatic carbocycles. The zero-order chi connectivity index (χ0) is 11.9. The molecular weight excluding hydrogens is 249 g/mol.